The fourth-order valence-corrected chi connectivity index (χ4v) is 4.49. The molecule has 30 heavy (non-hydrogen) atoms. The van der Waals surface area contributed by atoms with Gasteiger partial charge >= 0.3 is 6.03 Å². The maximum Gasteiger partial charge on any atom is 0.322 e. The number of aromatic nitrogens is 3. The Morgan fingerprint density at radius 2 is 2.03 bits per heavy atom. The van der Waals surface area contributed by atoms with E-state index < -0.39 is 0 Å². The van der Waals surface area contributed by atoms with Gasteiger partial charge < -0.3 is 15.2 Å². The van der Waals surface area contributed by atoms with Gasteiger partial charge in [0.05, 0.1) is 5.69 Å². The average Bonchev–Trinajstić information content (AvgIpc) is 2.95. The quantitative estimate of drug-likeness (QED) is 0.608. The molecule has 0 saturated carbocycles. The van der Waals surface area contributed by atoms with Crippen LogP contribution >= 0.6 is 0 Å². The lowest BCUT2D eigenvalue weighted by atomic mass is 9.98. The number of hydrogen-bond donors (Lipinski definition) is 2. The topological polar surface area (TPSA) is 73.9 Å². The lowest BCUT2D eigenvalue weighted by Crippen LogP contribution is -2.38. The third kappa shape index (κ3) is 3.56. The Balaban J connectivity index is 1.38. The summed E-state index contributed by atoms with van der Waals surface area (Å²) >= 11 is 0. The third-order valence-corrected chi connectivity index (χ3v) is 6.01. The van der Waals surface area contributed by atoms with Gasteiger partial charge in [0.25, 0.3) is 0 Å². The van der Waals surface area contributed by atoms with E-state index in [1.165, 1.54) is 42.7 Å². The molecule has 0 bridgehead atoms. The standard InChI is InChI=1S/C23H24FN5O/c24-16-5-4-6-17(13-16)27-23(30)29-11-9-15(10-12-29)21-20-18-7-2-1-3-8-19(18)28-22(20)26-14-25-21/h4-6,9,13-14H,1-3,7-8,10-12H2,(H,27,30)(H,25,26,28). The first-order valence-corrected chi connectivity index (χ1v) is 10.5. The molecule has 1 aromatic carbocycles. The number of hydrogen-bond acceptors (Lipinski definition) is 3. The molecule has 7 heteroatoms. The van der Waals surface area contributed by atoms with Crippen molar-refractivity contribution in [2.24, 2.45) is 0 Å². The van der Waals surface area contributed by atoms with Gasteiger partial charge in [-0.05, 0) is 61.4 Å². The number of carbonyl (C=O) groups is 1. The highest BCUT2D eigenvalue weighted by Crippen LogP contribution is 2.33. The minimum Gasteiger partial charge on any atom is -0.343 e. The van der Waals surface area contributed by atoms with E-state index in [2.05, 4.69) is 26.3 Å². The van der Waals surface area contributed by atoms with Crippen LogP contribution in [0.1, 0.15) is 42.6 Å². The minimum absolute atomic E-state index is 0.223. The summed E-state index contributed by atoms with van der Waals surface area (Å²) in [6, 6.07) is 5.72. The summed E-state index contributed by atoms with van der Waals surface area (Å²) < 4.78 is 13.4. The number of rotatable bonds is 2. The minimum atomic E-state index is -0.368. The van der Waals surface area contributed by atoms with Crippen molar-refractivity contribution in [3.8, 4) is 0 Å². The Bertz CT molecular complexity index is 1140. The molecule has 1 aliphatic carbocycles. The first-order valence-electron chi connectivity index (χ1n) is 10.5. The van der Waals surface area contributed by atoms with E-state index in [0.717, 1.165) is 41.6 Å². The molecule has 0 saturated heterocycles. The molecular weight excluding hydrogens is 381 g/mol. The fraction of sp³-hybridized carbons (Fsp3) is 0.348. The zero-order chi connectivity index (χ0) is 20.5. The Hall–Kier alpha value is -3.22. The number of urea groups is 1. The van der Waals surface area contributed by atoms with Crippen LogP contribution in [0, 0.1) is 5.82 Å². The number of halogens is 1. The van der Waals surface area contributed by atoms with E-state index in [1.807, 2.05) is 0 Å². The molecule has 0 spiro atoms. The highest BCUT2D eigenvalue weighted by Gasteiger charge is 2.23. The molecule has 2 N–H and O–H groups in total. The van der Waals surface area contributed by atoms with Crippen molar-refractivity contribution in [1.29, 1.82) is 0 Å². The van der Waals surface area contributed by atoms with Crippen LogP contribution in [0.4, 0.5) is 14.9 Å². The highest BCUT2D eigenvalue weighted by molar-refractivity contribution is 5.93. The second-order valence-corrected chi connectivity index (χ2v) is 7.95. The lowest BCUT2D eigenvalue weighted by molar-refractivity contribution is 0.217. The van der Waals surface area contributed by atoms with Crippen molar-refractivity contribution in [3.05, 3.63) is 59.4 Å². The number of anilines is 1. The Labute approximate surface area is 174 Å². The number of nitrogens with one attached hydrogen (secondary N) is 2. The zero-order valence-electron chi connectivity index (χ0n) is 16.7. The molecule has 2 aromatic heterocycles. The largest absolute Gasteiger partial charge is 0.343 e. The summed E-state index contributed by atoms with van der Waals surface area (Å²) in [5.74, 6) is -0.368. The van der Waals surface area contributed by atoms with Gasteiger partial charge in [0.2, 0.25) is 0 Å². The molecule has 0 radical (unpaired) electrons. The van der Waals surface area contributed by atoms with Crippen molar-refractivity contribution in [2.75, 3.05) is 18.4 Å². The second-order valence-electron chi connectivity index (χ2n) is 7.95. The van der Waals surface area contributed by atoms with Gasteiger partial charge in [0.1, 0.15) is 17.8 Å². The Kier molecular flexibility index (Phi) is 4.94. The average molecular weight is 405 g/mol. The highest BCUT2D eigenvalue weighted by atomic mass is 19.1. The Morgan fingerprint density at radius 3 is 2.87 bits per heavy atom. The smallest absolute Gasteiger partial charge is 0.322 e. The molecule has 6 nitrogen and oxygen atoms in total. The number of fused-ring (bicyclic) bond motifs is 3. The van der Waals surface area contributed by atoms with Crippen LogP contribution in [-0.4, -0.2) is 39.0 Å². The molecule has 2 aliphatic rings. The zero-order valence-corrected chi connectivity index (χ0v) is 16.7. The molecular formula is C23H24FN5O. The van der Waals surface area contributed by atoms with Crippen LogP contribution in [0.15, 0.2) is 36.7 Å². The lowest BCUT2D eigenvalue weighted by Gasteiger charge is -2.26. The SMILES string of the molecule is O=C(Nc1cccc(F)c1)N1CC=C(c2ncnc3[nH]c4c(c23)CCCCC4)CC1. The normalized spacial score (nSPS) is 16.7. The van der Waals surface area contributed by atoms with E-state index in [-0.39, 0.29) is 11.8 Å². The van der Waals surface area contributed by atoms with E-state index in [4.69, 9.17) is 0 Å². The van der Waals surface area contributed by atoms with Crippen molar-refractivity contribution in [3.63, 3.8) is 0 Å². The summed E-state index contributed by atoms with van der Waals surface area (Å²) in [6.45, 7) is 1.08. The molecule has 0 unspecified atom stereocenters. The number of carbonyl (C=O) groups excluding carboxylic acids is 1. The molecule has 3 aromatic rings. The Morgan fingerprint density at radius 1 is 1.13 bits per heavy atom. The predicted molar refractivity (Wildman–Crippen MR) is 115 cm³/mol. The van der Waals surface area contributed by atoms with Gasteiger partial charge in [-0.3, -0.25) is 0 Å². The van der Waals surface area contributed by atoms with Crippen molar-refractivity contribution >= 4 is 28.3 Å². The molecule has 1 aliphatic heterocycles. The fourth-order valence-electron chi connectivity index (χ4n) is 4.49. The van der Waals surface area contributed by atoms with Crippen LogP contribution in [0.2, 0.25) is 0 Å². The van der Waals surface area contributed by atoms with Gasteiger partial charge in [-0.1, -0.05) is 18.6 Å². The van der Waals surface area contributed by atoms with Crippen molar-refractivity contribution in [1.82, 2.24) is 19.9 Å². The number of aromatic amines is 1. The maximum absolute atomic E-state index is 13.4. The van der Waals surface area contributed by atoms with E-state index in [9.17, 15) is 9.18 Å². The van der Waals surface area contributed by atoms with Gasteiger partial charge in [0, 0.05) is 29.9 Å². The maximum atomic E-state index is 13.4. The number of amides is 2. The molecule has 154 valence electrons. The summed E-state index contributed by atoms with van der Waals surface area (Å²) in [4.78, 5) is 26.9. The van der Waals surface area contributed by atoms with E-state index in [0.29, 0.717) is 18.8 Å². The number of benzene rings is 1. The number of nitrogens with zero attached hydrogens (tertiary/aromatic N) is 3. The summed E-state index contributed by atoms with van der Waals surface area (Å²) in [6.07, 6.45) is 10.2. The van der Waals surface area contributed by atoms with Gasteiger partial charge in [-0.25, -0.2) is 19.2 Å². The molecule has 0 atom stereocenters. The van der Waals surface area contributed by atoms with E-state index in [1.54, 1.807) is 23.4 Å². The molecule has 0 fully saturated rings. The molecule has 3 heterocycles. The van der Waals surface area contributed by atoms with Gasteiger partial charge in [-0.15, -0.1) is 0 Å². The third-order valence-electron chi connectivity index (χ3n) is 6.01. The second kappa shape index (κ2) is 7.89. The monoisotopic (exact) mass is 405 g/mol. The van der Waals surface area contributed by atoms with Gasteiger partial charge in [0.15, 0.2) is 0 Å². The van der Waals surface area contributed by atoms with Crippen LogP contribution in [0.5, 0.6) is 0 Å². The summed E-state index contributed by atoms with van der Waals surface area (Å²) in [5, 5.41) is 3.92. The van der Waals surface area contributed by atoms with Crippen LogP contribution < -0.4 is 5.32 Å². The number of aryl methyl sites for hydroxylation is 2. The summed E-state index contributed by atoms with van der Waals surface area (Å²) in [5.41, 5.74) is 6.19. The molecule has 2 amide bonds. The van der Waals surface area contributed by atoms with Crippen LogP contribution in [0.25, 0.3) is 16.6 Å². The molecule has 5 rings (SSSR count). The number of H-pyrrole nitrogens is 1. The van der Waals surface area contributed by atoms with Crippen molar-refractivity contribution in [2.45, 2.75) is 38.5 Å². The van der Waals surface area contributed by atoms with Crippen LogP contribution in [0.3, 0.4) is 0 Å². The van der Waals surface area contributed by atoms with Crippen molar-refractivity contribution < 1.29 is 9.18 Å². The first-order chi connectivity index (χ1) is 14.7. The summed E-state index contributed by atoms with van der Waals surface area (Å²) in [7, 11) is 0. The first kappa shape index (κ1) is 18.8. The van der Waals surface area contributed by atoms with Crippen LogP contribution in [-0.2, 0) is 12.8 Å². The van der Waals surface area contributed by atoms with E-state index >= 15 is 0 Å². The predicted octanol–water partition coefficient (Wildman–Crippen LogP) is 4.69. The van der Waals surface area contributed by atoms with Gasteiger partial charge in [-0.2, -0.15) is 0 Å².